The van der Waals surface area contributed by atoms with Gasteiger partial charge in [-0.25, -0.2) is 0 Å². The minimum atomic E-state index is 0.141. The first-order valence-electron chi connectivity index (χ1n) is 7.56. The summed E-state index contributed by atoms with van der Waals surface area (Å²) in [5.74, 6) is 0.948. The molecular formula is C16H19Cl2N3. The molecule has 2 fully saturated rings. The molecule has 2 saturated heterocycles. The molecule has 1 aromatic rings. The molecule has 0 aromatic heterocycles. The van der Waals surface area contributed by atoms with E-state index in [0.29, 0.717) is 22.1 Å². The van der Waals surface area contributed by atoms with Crippen LogP contribution in [0.5, 0.6) is 0 Å². The fourth-order valence-corrected chi connectivity index (χ4v) is 4.74. The largest absolute Gasteiger partial charge is 0.362 e. The molecule has 0 saturated carbocycles. The molecule has 3 aliphatic rings. The number of nitrogens with one attached hydrogen (secondary N) is 1. The van der Waals surface area contributed by atoms with Gasteiger partial charge in [-0.1, -0.05) is 23.2 Å². The van der Waals surface area contributed by atoms with Crippen LogP contribution in [-0.4, -0.2) is 42.0 Å². The van der Waals surface area contributed by atoms with E-state index in [1.807, 2.05) is 12.1 Å². The van der Waals surface area contributed by atoms with Crippen molar-refractivity contribution in [1.29, 1.82) is 0 Å². The summed E-state index contributed by atoms with van der Waals surface area (Å²) in [4.78, 5) is 7.31. The van der Waals surface area contributed by atoms with Crippen LogP contribution in [0.25, 0.3) is 0 Å². The average Bonchev–Trinajstić information content (AvgIpc) is 2.89. The minimum absolute atomic E-state index is 0.141. The molecule has 5 heteroatoms. The van der Waals surface area contributed by atoms with Gasteiger partial charge < -0.3 is 10.2 Å². The van der Waals surface area contributed by atoms with Crippen molar-refractivity contribution in [2.24, 2.45) is 4.99 Å². The van der Waals surface area contributed by atoms with E-state index in [-0.39, 0.29) is 5.54 Å². The van der Waals surface area contributed by atoms with Gasteiger partial charge in [0, 0.05) is 27.7 Å². The molecule has 1 N–H and O–H groups in total. The van der Waals surface area contributed by atoms with Crippen LogP contribution in [0.15, 0.2) is 23.2 Å². The van der Waals surface area contributed by atoms with Crippen LogP contribution < -0.4 is 5.32 Å². The van der Waals surface area contributed by atoms with Crippen LogP contribution in [0.2, 0.25) is 10.0 Å². The summed E-state index contributed by atoms with van der Waals surface area (Å²) in [5.41, 5.74) is 1.14. The molecule has 2 bridgehead atoms. The molecular weight excluding hydrogens is 305 g/mol. The molecule has 3 aliphatic heterocycles. The van der Waals surface area contributed by atoms with Gasteiger partial charge in [0.15, 0.2) is 0 Å². The number of hydrogen-bond acceptors (Lipinski definition) is 3. The van der Waals surface area contributed by atoms with E-state index in [0.717, 1.165) is 17.9 Å². The molecule has 1 aromatic carbocycles. The van der Waals surface area contributed by atoms with Crippen molar-refractivity contribution < 1.29 is 0 Å². The van der Waals surface area contributed by atoms with Gasteiger partial charge in [0.1, 0.15) is 5.84 Å². The Morgan fingerprint density at radius 2 is 1.76 bits per heavy atom. The third-order valence-corrected chi connectivity index (χ3v) is 5.73. The van der Waals surface area contributed by atoms with Gasteiger partial charge in [0.2, 0.25) is 0 Å². The molecule has 21 heavy (non-hydrogen) atoms. The van der Waals surface area contributed by atoms with E-state index in [4.69, 9.17) is 28.2 Å². The second-order valence-corrected chi connectivity index (χ2v) is 7.56. The van der Waals surface area contributed by atoms with Crippen molar-refractivity contribution in [3.63, 3.8) is 0 Å². The Kier molecular flexibility index (Phi) is 3.21. The highest BCUT2D eigenvalue weighted by Gasteiger charge is 2.48. The Hall–Kier alpha value is -0.770. The van der Waals surface area contributed by atoms with E-state index in [1.165, 1.54) is 25.7 Å². The SMILES string of the molecule is CN1[C@@H]2CC[C@H]1CC1(CN=C(c3cc(Cl)cc(Cl)c3)N1)C2. The number of amidine groups is 1. The van der Waals surface area contributed by atoms with Gasteiger partial charge >= 0.3 is 0 Å². The van der Waals surface area contributed by atoms with E-state index in [1.54, 1.807) is 6.07 Å². The van der Waals surface area contributed by atoms with E-state index in [9.17, 15) is 0 Å². The van der Waals surface area contributed by atoms with Gasteiger partial charge in [-0.3, -0.25) is 4.99 Å². The van der Waals surface area contributed by atoms with Gasteiger partial charge in [-0.15, -0.1) is 0 Å². The van der Waals surface area contributed by atoms with Crippen molar-refractivity contribution >= 4 is 29.0 Å². The first-order valence-corrected chi connectivity index (χ1v) is 8.31. The topological polar surface area (TPSA) is 27.6 Å². The van der Waals surface area contributed by atoms with Crippen LogP contribution in [0.4, 0.5) is 0 Å². The van der Waals surface area contributed by atoms with Crippen LogP contribution in [-0.2, 0) is 0 Å². The second-order valence-electron chi connectivity index (χ2n) is 6.69. The molecule has 0 radical (unpaired) electrons. The van der Waals surface area contributed by atoms with E-state index >= 15 is 0 Å². The number of rotatable bonds is 1. The highest BCUT2D eigenvalue weighted by molar-refractivity contribution is 6.35. The smallest absolute Gasteiger partial charge is 0.128 e. The molecule has 3 heterocycles. The van der Waals surface area contributed by atoms with E-state index < -0.39 is 0 Å². The lowest BCUT2D eigenvalue weighted by atomic mass is 9.83. The predicted molar refractivity (Wildman–Crippen MR) is 87.5 cm³/mol. The van der Waals surface area contributed by atoms with E-state index in [2.05, 4.69) is 17.3 Å². The van der Waals surface area contributed by atoms with Crippen LogP contribution in [0.3, 0.4) is 0 Å². The standard InChI is InChI=1S/C16H19Cl2N3/c1-21-13-2-3-14(21)8-16(7-13)9-19-15(20-16)10-4-11(17)6-12(18)5-10/h4-6,13-14H,2-3,7-9H2,1H3,(H,19,20)/t13-,14+,16?. The summed E-state index contributed by atoms with van der Waals surface area (Å²) in [6, 6.07) is 7.03. The molecule has 0 aliphatic carbocycles. The molecule has 1 unspecified atom stereocenters. The zero-order chi connectivity index (χ0) is 14.6. The number of halogens is 2. The Morgan fingerprint density at radius 1 is 1.14 bits per heavy atom. The van der Waals surface area contributed by atoms with Crippen molar-refractivity contribution in [3.05, 3.63) is 33.8 Å². The maximum atomic E-state index is 6.11. The Labute approximate surface area is 135 Å². The lowest BCUT2D eigenvalue weighted by molar-refractivity contribution is 0.111. The number of piperidine rings is 1. The Balaban J connectivity index is 1.57. The molecule has 4 rings (SSSR count). The predicted octanol–water partition coefficient (Wildman–Crippen LogP) is 3.34. The van der Waals surface area contributed by atoms with Crippen LogP contribution in [0.1, 0.15) is 31.2 Å². The minimum Gasteiger partial charge on any atom is -0.362 e. The molecule has 0 amide bonds. The summed E-state index contributed by atoms with van der Waals surface area (Å²) in [6.45, 7) is 0.868. The Bertz CT molecular complexity index is 579. The zero-order valence-corrected chi connectivity index (χ0v) is 13.6. The second kappa shape index (κ2) is 4.87. The summed E-state index contributed by atoms with van der Waals surface area (Å²) in [5, 5.41) is 5.02. The van der Waals surface area contributed by atoms with Crippen LogP contribution >= 0.6 is 23.2 Å². The highest BCUT2D eigenvalue weighted by Crippen LogP contribution is 2.41. The number of nitrogens with zero attached hydrogens (tertiary/aromatic N) is 2. The van der Waals surface area contributed by atoms with Crippen molar-refractivity contribution in [3.8, 4) is 0 Å². The van der Waals surface area contributed by atoms with Gasteiger partial charge in [-0.2, -0.15) is 0 Å². The number of fused-ring (bicyclic) bond motifs is 2. The zero-order valence-electron chi connectivity index (χ0n) is 12.1. The number of hydrogen-bond donors (Lipinski definition) is 1. The average molecular weight is 324 g/mol. The Morgan fingerprint density at radius 3 is 2.38 bits per heavy atom. The third kappa shape index (κ3) is 2.36. The highest BCUT2D eigenvalue weighted by atomic mass is 35.5. The fraction of sp³-hybridized carbons (Fsp3) is 0.562. The fourth-order valence-electron chi connectivity index (χ4n) is 4.21. The molecule has 112 valence electrons. The monoisotopic (exact) mass is 323 g/mol. The lowest BCUT2D eigenvalue weighted by Crippen LogP contribution is -2.57. The van der Waals surface area contributed by atoms with Gasteiger partial charge in [0.25, 0.3) is 0 Å². The summed E-state index contributed by atoms with van der Waals surface area (Å²) < 4.78 is 0. The van der Waals surface area contributed by atoms with Crippen molar-refractivity contribution in [2.75, 3.05) is 13.6 Å². The summed E-state index contributed by atoms with van der Waals surface area (Å²) in [6.07, 6.45) is 5.01. The van der Waals surface area contributed by atoms with Crippen molar-refractivity contribution in [2.45, 2.75) is 43.3 Å². The molecule has 3 nitrogen and oxygen atoms in total. The maximum Gasteiger partial charge on any atom is 0.128 e. The maximum absolute atomic E-state index is 6.11. The normalized spacial score (nSPS) is 35.1. The lowest BCUT2D eigenvalue weighted by Gasteiger charge is -2.43. The van der Waals surface area contributed by atoms with Gasteiger partial charge in [-0.05, 0) is 50.9 Å². The number of benzene rings is 1. The quantitative estimate of drug-likeness (QED) is 0.858. The summed E-state index contributed by atoms with van der Waals surface area (Å²) >= 11 is 12.2. The number of aliphatic imine (C=N–C) groups is 1. The molecule has 3 atom stereocenters. The van der Waals surface area contributed by atoms with Crippen molar-refractivity contribution in [1.82, 2.24) is 10.2 Å². The first-order chi connectivity index (χ1) is 10.0. The third-order valence-electron chi connectivity index (χ3n) is 5.30. The molecule has 1 spiro atoms. The van der Waals surface area contributed by atoms with Gasteiger partial charge in [0.05, 0.1) is 12.1 Å². The first kappa shape index (κ1) is 13.9. The van der Waals surface area contributed by atoms with Crippen LogP contribution in [0, 0.1) is 0 Å². The summed E-state index contributed by atoms with van der Waals surface area (Å²) in [7, 11) is 2.27.